The van der Waals surface area contributed by atoms with Crippen molar-refractivity contribution >= 4 is 35.2 Å². The van der Waals surface area contributed by atoms with Crippen LogP contribution in [0.2, 0.25) is 0 Å². The van der Waals surface area contributed by atoms with Gasteiger partial charge in [0.2, 0.25) is 5.91 Å². The highest BCUT2D eigenvalue weighted by atomic mass is 32.2. The van der Waals surface area contributed by atoms with Gasteiger partial charge in [0, 0.05) is 17.5 Å². The standard InChI is InChI=1S/C24H26N2O6S/c1-24(2)19(23(31)32-13-14-7-5-4-6-8-14)26-20(29)17(22(26)33-24)18(28)21(30)25(3)15-9-11-16(27)12-10-15/h4-12,17-19,22,27-28H,13H2,1-3H3/t17-,18+,19+,22-/m1/s1. The molecule has 0 bridgehead atoms. The van der Waals surface area contributed by atoms with E-state index in [0.29, 0.717) is 5.69 Å². The maximum atomic E-state index is 13.0. The molecule has 9 heteroatoms. The summed E-state index contributed by atoms with van der Waals surface area (Å²) < 4.78 is 4.85. The molecule has 2 heterocycles. The lowest BCUT2D eigenvalue weighted by Gasteiger charge is -2.45. The molecule has 33 heavy (non-hydrogen) atoms. The molecule has 0 unspecified atom stereocenters. The Morgan fingerprint density at radius 1 is 1.15 bits per heavy atom. The molecule has 2 N–H and O–H groups in total. The second-order valence-corrected chi connectivity index (χ2v) is 10.5. The molecule has 8 nitrogen and oxygen atoms in total. The Kier molecular flexibility index (Phi) is 6.11. The van der Waals surface area contributed by atoms with Crippen LogP contribution < -0.4 is 4.90 Å². The van der Waals surface area contributed by atoms with Gasteiger partial charge in [-0.05, 0) is 43.7 Å². The first-order valence-corrected chi connectivity index (χ1v) is 11.4. The van der Waals surface area contributed by atoms with Crippen molar-refractivity contribution in [3.8, 4) is 5.75 Å². The number of esters is 1. The van der Waals surface area contributed by atoms with Gasteiger partial charge in [0.15, 0.2) is 0 Å². The largest absolute Gasteiger partial charge is 0.508 e. The van der Waals surface area contributed by atoms with Gasteiger partial charge in [-0.1, -0.05) is 30.3 Å². The summed E-state index contributed by atoms with van der Waals surface area (Å²) in [6, 6.07) is 14.4. The van der Waals surface area contributed by atoms with Gasteiger partial charge in [0.1, 0.15) is 30.4 Å². The third-order valence-corrected chi connectivity index (χ3v) is 7.68. The molecule has 2 amide bonds. The number of anilines is 1. The topological polar surface area (TPSA) is 107 Å². The van der Waals surface area contributed by atoms with E-state index < -0.39 is 46.0 Å². The van der Waals surface area contributed by atoms with Crippen molar-refractivity contribution in [2.75, 3.05) is 11.9 Å². The number of hydrogen-bond acceptors (Lipinski definition) is 7. The molecular formula is C24H26N2O6S. The van der Waals surface area contributed by atoms with Crippen LogP contribution in [0.4, 0.5) is 5.69 Å². The predicted octanol–water partition coefficient (Wildman–Crippen LogP) is 2.14. The summed E-state index contributed by atoms with van der Waals surface area (Å²) in [4.78, 5) is 41.5. The second-order valence-electron chi connectivity index (χ2n) is 8.74. The maximum absolute atomic E-state index is 13.0. The lowest BCUT2D eigenvalue weighted by atomic mass is 9.87. The minimum Gasteiger partial charge on any atom is -0.508 e. The number of likely N-dealkylation sites (N-methyl/N-ethyl adjacent to an activating group) is 1. The number of carbonyl (C=O) groups excluding carboxylic acids is 3. The van der Waals surface area contributed by atoms with Crippen molar-refractivity contribution in [2.24, 2.45) is 5.92 Å². The molecule has 2 fully saturated rings. The number of benzene rings is 2. The molecular weight excluding hydrogens is 444 g/mol. The zero-order valence-electron chi connectivity index (χ0n) is 18.5. The first-order chi connectivity index (χ1) is 15.6. The maximum Gasteiger partial charge on any atom is 0.330 e. The zero-order valence-corrected chi connectivity index (χ0v) is 19.4. The van der Waals surface area contributed by atoms with Gasteiger partial charge < -0.3 is 24.7 Å². The molecule has 4 atom stereocenters. The van der Waals surface area contributed by atoms with Gasteiger partial charge in [-0.25, -0.2) is 4.79 Å². The van der Waals surface area contributed by atoms with Crippen molar-refractivity contribution in [3.63, 3.8) is 0 Å². The van der Waals surface area contributed by atoms with Crippen LogP contribution in [0.25, 0.3) is 0 Å². The highest BCUT2D eigenvalue weighted by Gasteiger charge is 2.66. The van der Waals surface area contributed by atoms with E-state index in [2.05, 4.69) is 0 Å². The second kappa shape index (κ2) is 8.72. The van der Waals surface area contributed by atoms with E-state index in [1.807, 2.05) is 44.2 Å². The Balaban J connectivity index is 1.45. The first kappa shape index (κ1) is 23.1. The summed E-state index contributed by atoms with van der Waals surface area (Å²) in [6.45, 7) is 3.81. The highest BCUT2D eigenvalue weighted by molar-refractivity contribution is 8.01. The molecule has 0 aliphatic carbocycles. The summed E-state index contributed by atoms with van der Waals surface area (Å²) in [5.74, 6) is -2.48. The number of nitrogens with zero attached hydrogens (tertiary/aromatic N) is 2. The molecule has 0 radical (unpaired) electrons. The van der Waals surface area contributed by atoms with E-state index in [1.54, 1.807) is 12.1 Å². The van der Waals surface area contributed by atoms with E-state index in [4.69, 9.17) is 4.74 Å². The molecule has 0 saturated carbocycles. The number of rotatable bonds is 6. The summed E-state index contributed by atoms with van der Waals surface area (Å²) >= 11 is 1.38. The fourth-order valence-electron chi connectivity index (χ4n) is 4.28. The van der Waals surface area contributed by atoms with E-state index in [-0.39, 0.29) is 12.4 Å². The van der Waals surface area contributed by atoms with Crippen molar-refractivity contribution in [1.82, 2.24) is 4.90 Å². The Bertz CT molecular complexity index is 1060. The van der Waals surface area contributed by atoms with Crippen LogP contribution in [0, 0.1) is 5.92 Å². The van der Waals surface area contributed by atoms with Crippen molar-refractivity contribution in [3.05, 3.63) is 60.2 Å². The number of amides is 2. The Morgan fingerprint density at radius 3 is 2.42 bits per heavy atom. The summed E-state index contributed by atoms with van der Waals surface area (Å²) in [5.41, 5.74) is 1.32. The number of aliphatic hydroxyl groups is 1. The van der Waals surface area contributed by atoms with Crippen molar-refractivity contribution in [1.29, 1.82) is 0 Å². The number of ether oxygens (including phenoxy) is 1. The van der Waals surface area contributed by atoms with E-state index in [0.717, 1.165) is 5.56 Å². The van der Waals surface area contributed by atoms with Gasteiger partial charge in [0.05, 0.1) is 5.37 Å². The fourth-order valence-corrected chi connectivity index (χ4v) is 5.99. The van der Waals surface area contributed by atoms with Crippen LogP contribution in [0.1, 0.15) is 19.4 Å². The number of aromatic hydroxyl groups is 1. The quantitative estimate of drug-likeness (QED) is 0.492. The van der Waals surface area contributed by atoms with Gasteiger partial charge in [-0.3, -0.25) is 9.59 Å². The number of thioether (sulfide) groups is 1. The smallest absolute Gasteiger partial charge is 0.330 e. The average Bonchev–Trinajstić information content (AvgIpc) is 3.04. The predicted molar refractivity (Wildman–Crippen MR) is 123 cm³/mol. The number of hydrogen-bond donors (Lipinski definition) is 2. The third-order valence-electron chi connectivity index (χ3n) is 6.09. The summed E-state index contributed by atoms with van der Waals surface area (Å²) in [5, 5.41) is 19.7. The van der Waals surface area contributed by atoms with Crippen LogP contribution in [0.15, 0.2) is 54.6 Å². The Labute approximate surface area is 196 Å². The lowest BCUT2D eigenvalue weighted by Crippen LogP contribution is -2.67. The molecule has 2 aliphatic rings. The van der Waals surface area contributed by atoms with Gasteiger partial charge >= 0.3 is 5.97 Å². The number of phenols is 1. The first-order valence-electron chi connectivity index (χ1n) is 10.6. The SMILES string of the molecule is CN(C(=O)[C@@H](O)[C@@H]1C(=O)N2[C@@H]1SC(C)(C)[C@@H]2C(=O)OCc1ccccc1)c1ccc(O)cc1. The summed E-state index contributed by atoms with van der Waals surface area (Å²) in [7, 11) is 1.49. The Morgan fingerprint density at radius 2 is 1.79 bits per heavy atom. The van der Waals surface area contributed by atoms with Crippen LogP contribution in [0.3, 0.4) is 0 Å². The van der Waals surface area contributed by atoms with Gasteiger partial charge in [0.25, 0.3) is 5.91 Å². The van der Waals surface area contributed by atoms with E-state index >= 15 is 0 Å². The van der Waals surface area contributed by atoms with Crippen LogP contribution >= 0.6 is 11.8 Å². The minimum absolute atomic E-state index is 0.0553. The molecule has 2 aromatic carbocycles. The van der Waals surface area contributed by atoms with Crippen LogP contribution in [-0.2, 0) is 25.7 Å². The van der Waals surface area contributed by atoms with Crippen molar-refractivity contribution in [2.45, 2.75) is 42.7 Å². The van der Waals surface area contributed by atoms with E-state index in [9.17, 15) is 24.6 Å². The molecule has 4 rings (SSSR count). The molecule has 0 aromatic heterocycles. The summed E-state index contributed by atoms with van der Waals surface area (Å²) in [6.07, 6.45) is -1.56. The van der Waals surface area contributed by atoms with Crippen molar-refractivity contribution < 1.29 is 29.3 Å². The van der Waals surface area contributed by atoms with Gasteiger partial charge in [-0.15, -0.1) is 11.8 Å². The zero-order chi connectivity index (χ0) is 23.9. The molecule has 2 aromatic rings. The Hall–Kier alpha value is -3.04. The highest BCUT2D eigenvalue weighted by Crippen LogP contribution is 2.54. The number of carbonyl (C=O) groups is 3. The minimum atomic E-state index is -1.56. The molecule has 174 valence electrons. The van der Waals surface area contributed by atoms with Crippen LogP contribution in [-0.4, -0.2) is 62.2 Å². The normalized spacial score (nSPS) is 23.9. The average molecular weight is 471 g/mol. The number of fused-ring (bicyclic) bond motifs is 1. The molecule has 2 aliphatic heterocycles. The number of β-lactam (4-membered cyclic amide) rings is 1. The third kappa shape index (κ3) is 4.18. The van der Waals surface area contributed by atoms with E-state index in [1.165, 1.54) is 40.7 Å². The molecule has 0 spiro atoms. The number of aliphatic hydroxyl groups excluding tert-OH is 1. The monoisotopic (exact) mass is 470 g/mol. The number of phenolic OH excluding ortho intramolecular Hbond substituents is 1. The molecule has 2 saturated heterocycles. The lowest BCUT2D eigenvalue weighted by molar-refractivity contribution is -0.173. The fraction of sp³-hybridized carbons (Fsp3) is 0.375. The van der Waals surface area contributed by atoms with Crippen LogP contribution in [0.5, 0.6) is 5.75 Å². The van der Waals surface area contributed by atoms with Gasteiger partial charge in [-0.2, -0.15) is 0 Å².